The molecule has 22 heavy (non-hydrogen) atoms. The van der Waals surface area contributed by atoms with E-state index in [0.717, 1.165) is 5.56 Å². The van der Waals surface area contributed by atoms with Gasteiger partial charge in [0.2, 0.25) is 0 Å². The Morgan fingerprint density at radius 1 is 1.00 bits per heavy atom. The van der Waals surface area contributed by atoms with Crippen molar-refractivity contribution in [3.05, 3.63) is 71.0 Å². The lowest BCUT2D eigenvalue weighted by atomic mass is 10.1. The molecule has 0 aliphatic rings. The third kappa shape index (κ3) is 4.13. The summed E-state index contributed by atoms with van der Waals surface area (Å²) in [5.41, 5.74) is 6.07. The number of ether oxygens (including phenoxy) is 1. The van der Waals surface area contributed by atoms with Gasteiger partial charge in [-0.25, -0.2) is 4.39 Å². The number of carbonyl (C=O) groups is 2. The maximum Gasteiger partial charge on any atom is 0.269 e. The topological polar surface area (TPSA) is 67.4 Å². The minimum Gasteiger partial charge on any atom is -0.380 e. The van der Waals surface area contributed by atoms with Gasteiger partial charge in [-0.1, -0.05) is 12.1 Å². The van der Waals surface area contributed by atoms with Gasteiger partial charge in [0, 0.05) is 18.2 Å². The molecule has 0 aliphatic heterocycles. The van der Waals surface area contributed by atoms with Gasteiger partial charge in [0.25, 0.3) is 11.8 Å². The molecule has 6 heteroatoms. The summed E-state index contributed by atoms with van der Waals surface area (Å²) in [7, 11) is 1.57. The van der Waals surface area contributed by atoms with E-state index in [-0.39, 0.29) is 5.56 Å². The van der Waals surface area contributed by atoms with Crippen LogP contribution in [0.5, 0.6) is 0 Å². The van der Waals surface area contributed by atoms with Crippen LogP contribution in [0.4, 0.5) is 4.39 Å². The fraction of sp³-hybridized carbons (Fsp3) is 0.125. The molecule has 2 amide bonds. The first-order valence-corrected chi connectivity index (χ1v) is 6.54. The number of hydrazine groups is 1. The molecule has 0 heterocycles. The second-order valence-electron chi connectivity index (χ2n) is 4.55. The van der Waals surface area contributed by atoms with Crippen LogP contribution < -0.4 is 10.9 Å². The molecule has 0 saturated carbocycles. The zero-order chi connectivity index (χ0) is 15.9. The summed E-state index contributed by atoms with van der Waals surface area (Å²) < 4.78 is 17.8. The second-order valence-corrected chi connectivity index (χ2v) is 4.55. The Balaban J connectivity index is 1.96. The molecule has 0 atom stereocenters. The summed E-state index contributed by atoms with van der Waals surface area (Å²) in [5.74, 6) is -1.41. The maximum atomic E-state index is 12.8. The van der Waals surface area contributed by atoms with Gasteiger partial charge in [-0.05, 0) is 42.0 Å². The van der Waals surface area contributed by atoms with Crippen LogP contribution in [0.3, 0.4) is 0 Å². The minimum absolute atomic E-state index is 0.245. The highest BCUT2D eigenvalue weighted by molar-refractivity contribution is 5.99. The Morgan fingerprint density at radius 3 is 2.27 bits per heavy atom. The van der Waals surface area contributed by atoms with Crippen molar-refractivity contribution in [2.75, 3.05) is 7.11 Å². The van der Waals surface area contributed by atoms with Crippen LogP contribution in [0, 0.1) is 5.82 Å². The number of methoxy groups -OCH3 is 1. The van der Waals surface area contributed by atoms with Crippen LogP contribution in [0.15, 0.2) is 48.5 Å². The lowest BCUT2D eigenvalue weighted by molar-refractivity contribution is 0.0846. The van der Waals surface area contributed by atoms with Crippen LogP contribution in [0.25, 0.3) is 0 Å². The molecule has 0 fully saturated rings. The van der Waals surface area contributed by atoms with Crippen LogP contribution in [-0.2, 0) is 11.3 Å². The molecule has 0 saturated heterocycles. The first-order chi connectivity index (χ1) is 10.6. The number of benzene rings is 2. The standard InChI is InChI=1S/C16H15FN2O3/c1-22-10-11-3-2-4-13(9-11)16(21)19-18-15(20)12-5-7-14(17)8-6-12/h2-9H,10H2,1H3,(H,18,20)(H,19,21). The van der Waals surface area contributed by atoms with Crippen molar-refractivity contribution in [2.45, 2.75) is 6.61 Å². The summed E-state index contributed by atoms with van der Waals surface area (Å²) >= 11 is 0. The predicted molar refractivity (Wildman–Crippen MR) is 78.5 cm³/mol. The zero-order valence-electron chi connectivity index (χ0n) is 11.9. The second kappa shape index (κ2) is 7.33. The molecule has 2 N–H and O–H groups in total. The average Bonchev–Trinajstić information content (AvgIpc) is 2.53. The van der Waals surface area contributed by atoms with Crippen molar-refractivity contribution in [1.82, 2.24) is 10.9 Å². The Labute approximate surface area is 127 Å². The third-order valence-corrected chi connectivity index (χ3v) is 2.90. The number of hydrogen-bond donors (Lipinski definition) is 2. The summed E-state index contributed by atoms with van der Waals surface area (Å²) in [6.45, 7) is 0.392. The SMILES string of the molecule is COCc1cccc(C(=O)NNC(=O)c2ccc(F)cc2)c1. The van der Waals surface area contributed by atoms with Gasteiger partial charge in [0.05, 0.1) is 6.61 Å². The highest BCUT2D eigenvalue weighted by Crippen LogP contribution is 2.06. The number of amides is 2. The Bertz CT molecular complexity index is 671. The smallest absolute Gasteiger partial charge is 0.269 e. The van der Waals surface area contributed by atoms with Gasteiger partial charge >= 0.3 is 0 Å². The number of hydrogen-bond acceptors (Lipinski definition) is 3. The molecule has 5 nitrogen and oxygen atoms in total. The summed E-state index contributed by atoms with van der Waals surface area (Å²) in [6.07, 6.45) is 0. The number of rotatable bonds is 4. The first kappa shape index (κ1) is 15.7. The molecule has 2 aromatic carbocycles. The van der Waals surface area contributed by atoms with Gasteiger partial charge in [0.15, 0.2) is 0 Å². The molecule has 114 valence electrons. The minimum atomic E-state index is -0.526. The third-order valence-electron chi connectivity index (χ3n) is 2.90. The van der Waals surface area contributed by atoms with E-state index in [2.05, 4.69) is 10.9 Å². The molecule has 2 aromatic rings. The molecule has 0 bridgehead atoms. The Kier molecular flexibility index (Phi) is 5.21. The van der Waals surface area contributed by atoms with E-state index >= 15 is 0 Å². The van der Waals surface area contributed by atoms with Gasteiger partial charge in [-0.3, -0.25) is 20.4 Å². The van der Waals surface area contributed by atoms with E-state index < -0.39 is 17.6 Å². The Hall–Kier alpha value is -2.73. The fourth-order valence-electron chi connectivity index (χ4n) is 1.83. The van der Waals surface area contributed by atoms with E-state index in [1.54, 1.807) is 25.3 Å². The maximum absolute atomic E-state index is 12.8. The number of nitrogens with one attached hydrogen (secondary N) is 2. The predicted octanol–water partition coefficient (Wildman–Crippen LogP) is 2.05. The monoisotopic (exact) mass is 302 g/mol. The van der Waals surface area contributed by atoms with E-state index in [0.29, 0.717) is 12.2 Å². The highest BCUT2D eigenvalue weighted by Gasteiger charge is 2.09. The number of halogens is 1. The lowest BCUT2D eigenvalue weighted by Crippen LogP contribution is -2.41. The molecule has 0 aromatic heterocycles. The summed E-state index contributed by atoms with van der Waals surface area (Å²) in [5, 5.41) is 0. The van der Waals surface area contributed by atoms with Crippen molar-refractivity contribution >= 4 is 11.8 Å². The van der Waals surface area contributed by atoms with Gasteiger partial charge in [-0.15, -0.1) is 0 Å². The summed E-state index contributed by atoms with van der Waals surface area (Å²) in [4.78, 5) is 23.8. The van der Waals surface area contributed by atoms with E-state index in [9.17, 15) is 14.0 Å². The molecule has 2 rings (SSSR count). The fourth-order valence-corrected chi connectivity index (χ4v) is 1.83. The largest absolute Gasteiger partial charge is 0.380 e. The van der Waals surface area contributed by atoms with Crippen molar-refractivity contribution in [3.8, 4) is 0 Å². The molecule has 0 aliphatic carbocycles. The van der Waals surface area contributed by atoms with Gasteiger partial charge in [-0.2, -0.15) is 0 Å². The molecule has 0 spiro atoms. The molecular formula is C16H15FN2O3. The summed E-state index contributed by atoms with van der Waals surface area (Å²) in [6, 6.07) is 11.9. The van der Waals surface area contributed by atoms with Gasteiger partial charge < -0.3 is 4.74 Å². The quantitative estimate of drug-likeness (QED) is 0.849. The molecule has 0 unspecified atom stereocenters. The molecule has 0 radical (unpaired) electrons. The van der Waals surface area contributed by atoms with Crippen molar-refractivity contribution in [3.63, 3.8) is 0 Å². The van der Waals surface area contributed by atoms with Crippen molar-refractivity contribution < 1.29 is 18.7 Å². The van der Waals surface area contributed by atoms with Crippen LogP contribution >= 0.6 is 0 Å². The van der Waals surface area contributed by atoms with Crippen LogP contribution in [0.2, 0.25) is 0 Å². The molecular weight excluding hydrogens is 287 g/mol. The Morgan fingerprint density at radius 2 is 1.64 bits per heavy atom. The first-order valence-electron chi connectivity index (χ1n) is 6.54. The van der Waals surface area contributed by atoms with Crippen LogP contribution in [0.1, 0.15) is 26.3 Å². The van der Waals surface area contributed by atoms with Crippen LogP contribution in [-0.4, -0.2) is 18.9 Å². The lowest BCUT2D eigenvalue weighted by Gasteiger charge is -2.08. The normalized spacial score (nSPS) is 10.1. The average molecular weight is 302 g/mol. The van der Waals surface area contributed by atoms with Crippen molar-refractivity contribution in [2.24, 2.45) is 0 Å². The zero-order valence-corrected chi connectivity index (χ0v) is 11.9. The van der Waals surface area contributed by atoms with E-state index in [1.807, 2.05) is 6.07 Å². The van der Waals surface area contributed by atoms with Gasteiger partial charge in [0.1, 0.15) is 5.82 Å². The van der Waals surface area contributed by atoms with Crippen molar-refractivity contribution in [1.29, 1.82) is 0 Å². The highest BCUT2D eigenvalue weighted by atomic mass is 19.1. The van der Waals surface area contributed by atoms with E-state index in [4.69, 9.17) is 4.74 Å². The van der Waals surface area contributed by atoms with E-state index in [1.165, 1.54) is 24.3 Å². The number of carbonyl (C=O) groups excluding carboxylic acids is 2.